The molecule has 2 atom stereocenters. The summed E-state index contributed by atoms with van der Waals surface area (Å²) in [4.78, 5) is 0. The molecule has 1 fully saturated rings. The summed E-state index contributed by atoms with van der Waals surface area (Å²) in [5.41, 5.74) is 2.79. The summed E-state index contributed by atoms with van der Waals surface area (Å²) < 4.78 is 2.02. The Morgan fingerprint density at radius 1 is 1.32 bits per heavy atom. The largest absolute Gasteiger partial charge is 0.313 e. The van der Waals surface area contributed by atoms with Crippen molar-refractivity contribution < 1.29 is 0 Å². The van der Waals surface area contributed by atoms with Crippen molar-refractivity contribution in [3.05, 3.63) is 53.9 Å². The first-order valence-electron chi connectivity index (χ1n) is 7.16. The molecular formula is C16H21N3. The van der Waals surface area contributed by atoms with Gasteiger partial charge in [-0.3, -0.25) is 4.68 Å². The predicted octanol–water partition coefficient (Wildman–Crippen LogP) is 2.59. The van der Waals surface area contributed by atoms with Crippen molar-refractivity contribution in [1.82, 2.24) is 15.1 Å². The molecule has 100 valence electrons. The number of nitrogens with zero attached hydrogens (tertiary/aromatic N) is 2. The fourth-order valence-corrected chi connectivity index (χ4v) is 2.99. The number of nitrogens with one attached hydrogen (secondary N) is 1. The van der Waals surface area contributed by atoms with Gasteiger partial charge in [0, 0.05) is 24.7 Å². The Morgan fingerprint density at radius 3 is 2.89 bits per heavy atom. The Morgan fingerprint density at radius 2 is 2.16 bits per heavy atom. The molecule has 3 heteroatoms. The zero-order valence-corrected chi connectivity index (χ0v) is 11.4. The number of rotatable bonds is 4. The Labute approximate surface area is 114 Å². The maximum Gasteiger partial charge on any atom is 0.0525 e. The number of aromatic nitrogens is 2. The minimum absolute atomic E-state index is 0.539. The summed E-state index contributed by atoms with van der Waals surface area (Å²) in [6.07, 6.45) is 6.56. The number of hydrogen-bond donors (Lipinski definition) is 1. The van der Waals surface area contributed by atoms with Gasteiger partial charge in [0.25, 0.3) is 0 Å². The molecule has 0 amide bonds. The van der Waals surface area contributed by atoms with Gasteiger partial charge in [0.05, 0.1) is 6.20 Å². The third-order valence-electron chi connectivity index (χ3n) is 4.05. The van der Waals surface area contributed by atoms with Gasteiger partial charge in [0.15, 0.2) is 0 Å². The third kappa shape index (κ3) is 2.71. The second kappa shape index (κ2) is 5.57. The summed E-state index contributed by atoms with van der Waals surface area (Å²) in [6, 6.07) is 11.3. The summed E-state index contributed by atoms with van der Waals surface area (Å²) in [6.45, 7) is 4.19. The van der Waals surface area contributed by atoms with Crippen LogP contribution in [0.5, 0.6) is 0 Å². The van der Waals surface area contributed by atoms with Gasteiger partial charge in [-0.05, 0) is 37.4 Å². The molecule has 1 saturated heterocycles. The highest BCUT2D eigenvalue weighted by Crippen LogP contribution is 2.29. The molecule has 1 aliphatic rings. The van der Waals surface area contributed by atoms with Crippen LogP contribution in [0.1, 0.15) is 30.4 Å². The second-order valence-electron chi connectivity index (χ2n) is 5.27. The van der Waals surface area contributed by atoms with Crippen LogP contribution in [0, 0.1) is 0 Å². The molecule has 0 bridgehead atoms. The molecule has 0 aliphatic carbocycles. The van der Waals surface area contributed by atoms with Crippen LogP contribution in [0.3, 0.4) is 0 Å². The van der Waals surface area contributed by atoms with E-state index >= 15 is 0 Å². The lowest BCUT2D eigenvalue weighted by Crippen LogP contribution is -2.28. The smallest absolute Gasteiger partial charge is 0.0525 e. The molecule has 19 heavy (non-hydrogen) atoms. The fraction of sp³-hybridized carbons (Fsp3) is 0.438. The van der Waals surface area contributed by atoms with Crippen LogP contribution in [-0.4, -0.2) is 22.4 Å². The van der Waals surface area contributed by atoms with Crippen LogP contribution in [0.25, 0.3) is 0 Å². The zero-order chi connectivity index (χ0) is 13.1. The van der Waals surface area contributed by atoms with Gasteiger partial charge in [0.1, 0.15) is 0 Å². The first-order valence-corrected chi connectivity index (χ1v) is 7.16. The average molecular weight is 255 g/mol. The standard InChI is InChI=1S/C16H21N3/c1-2-19-12-14(11-18-19)15-8-9-17-16(15)10-13-6-4-3-5-7-13/h3-7,11-12,15-17H,2,8-10H2,1H3. The summed E-state index contributed by atoms with van der Waals surface area (Å²) in [5, 5.41) is 8.05. The number of aryl methyl sites for hydroxylation is 1. The Kier molecular flexibility index (Phi) is 3.65. The Balaban J connectivity index is 1.74. The first-order chi connectivity index (χ1) is 9.36. The van der Waals surface area contributed by atoms with Crippen molar-refractivity contribution in [3.63, 3.8) is 0 Å². The van der Waals surface area contributed by atoms with E-state index in [0.29, 0.717) is 12.0 Å². The summed E-state index contributed by atoms with van der Waals surface area (Å²) in [5.74, 6) is 0.598. The van der Waals surface area contributed by atoms with E-state index in [0.717, 1.165) is 19.5 Å². The van der Waals surface area contributed by atoms with Crippen LogP contribution in [0.4, 0.5) is 0 Å². The summed E-state index contributed by atoms with van der Waals surface area (Å²) in [7, 11) is 0. The van der Waals surface area contributed by atoms with Gasteiger partial charge < -0.3 is 5.32 Å². The van der Waals surface area contributed by atoms with Crippen molar-refractivity contribution in [2.24, 2.45) is 0 Å². The van der Waals surface area contributed by atoms with Crippen molar-refractivity contribution in [2.45, 2.75) is 38.3 Å². The van der Waals surface area contributed by atoms with E-state index in [-0.39, 0.29) is 0 Å². The van der Waals surface area contributed by atoms with Crippen LogP contribution in [-0.2, 0) is 13.0 Å². The first kappa shape index (κ1) is 12.4. The highest BCUT2D eigenvalue weighted by molar-refractivity contribution is 5.22. The van der Waals surface area contributed by atoms with Gasteiger partial charge in [-0.2, -0.15) is 5.10 Å². The maximum absolute atomic E-state index is 4.41. The third-order valence-corrected chi connectivity index (χ3v) is 4.05. The van der Waals surface area contributed by atoms with Crippen molar-refractivity contribution in [1.29, 1.82) is 0 Å². The lowest BCUT2D eigenvalue weighted by Gasteiger charge is -2.18. The molecule has 3 rings (SSSR count). The zero-order valence-electron chi connectivity index (χ0n) is 11.4. The van der Waals surface area contributed by atoms with Gasteiger partial charge in [-0.1, -0.05) is 30.3 Å². The number of benzene rings is 1. The van der Waals surface area contributed by atoms with Crippen molar-refractivity contribution in [3.8, 4) is 0 Å². The average Bonchev–Trinajstić information content (AvgIpc) is 3.08. The van der Waals surface area contributed by atoms with E-state index in [1.54, 1.807) is 0 Å². The van der Waals surface area contributed by atoms with Crippen LogP contribution >= 0.6 is 0 Å². The molecular weight excluding hydrogens is 234 g/mol. The fourth-order valence-electron chi connectivity index (χ4n) is 2.99. The molecule has 1 N–H and O–H groups in total. The molecule has 2 heterocycles. The van der Waals surface area contributed by atoms with E-state index in [4.69, 9.17) is 0 Å². The normalized spacial score (nSPS) is 22.8. The molecule has 0 radical (unpaired) electrons. The molecule has 1 aromatic heterocycles. The second-order valence-corrected chi connectivity index (χ2v) is 5.27. The molecule has 2 aromatic rings. The monoisotopic (exact) mass is 255 g/mol. The Bertz CT molecular complexity index is 518. The lowest BCUT2D eigenvalue weighted by atomic mass is 9.90. The topological polar surface area (TPSA) is 29.9 Å². The highest BCUT2D eigenvalue weighted by Gasteiger charge is 2.29. The van der Waals surface area contributed by atoms with E-state index in [1.807, 2.05) is 10.9 Å². The number of hydrogen-bond acceptors (Lipinski definition) is 2. The van der Waals surface area contributed by atoms with Gasteiger partial charge in [-0.15, -0.1) is 0 Å². The van der Waals surface area contributed by atoms with Gasteiger partial charge in [-0.25, -0.2) is 0 Å². The quantitative estimate of drug-likeness (QED) is 0.910. The van der Waals surface area contributed by atoms with E-state index in [2.05, 4.69) is 53.9 Å². The maximum atomic E-state index is 4.41. The van der Waals surface area contributed by atoms with E-state index in [1.165, 1.54) is 17.5 Å². The van der Waals surface area contributed by atoms with E-state index < -0.39 is 0 Å². The van der Waals surface area contributed by atoms with Crippen molar-refractivity contribution in [2.75, 3.05) is 6.54 Å². The molecule has 3 nitrogen and oxygen atoms in total. The van der Waals surface area contributed by atoms with Gasteiger partial charge in [0.2, 0.25) is 0 Å². The SMILES string of the molecule is CCn1cc(C2CCNC2Cc2ccccc2)cn1. The summed E-state index contributed by atoms with van der Waals surface area (Å²) >= 11 is 0. The minimum Gasteiger partial charge on any atom is -0.313 e. The molecule has 0 spiro atoms. The molecule has 2 unspecified atom stereocenters. The van der Waals surface area contributed by atoms with E-state index in [9.17, 15) is 0 Å². The molecule has 0 saturated carbocycles. The predicted molar refractivity (Wildman–Crippen MR) is 77.2 cm³/mol. The molecule has 1 aliphatic heterocycles. The molecule has 1 aromatic carbocycles. The van der Waals surface area contributed by atoms with Crippen molar-refractivity contribution >= 4 is 0 Å². The van der Waals surface area contributed by atoms with Gasteiger partial charge >= 0.3 is 0 Å². The highest BCUT2D eigenvalue weighted by atomic mass is 15.3. The lowest BCUT2D eigenvalue weighted by molar-refractivity contribution is 0.543. The minimum atomic E-state index is 0.539. The van der Waals surface area contributed by atoms with Crippen LogP contribution in [0.2, 0.25) is 0 Å². The Hall–Kier alpha value is -1.61. The van der Waals surface area contributed by atoms with Crippen LogP contribution in [0.15, 0.2) is 42.7 Å². The van der Waals surface area contributed by atoms with Crippen LogP contribution < -0.4 is 5.32 Å².